The molecule has 0 spiro atoms. The molecule has 2 heteroatoms. The van der Waals surface area contributed by atoms with Crippen LogP contribution in [0.25, 0.3) is 0 Å². The van der Waals surface area contributed by atoms with Gasteiger partial charge in [-0.3, -0.25) is 0 Å². The fourth-order valence-corrected chi connectivity index (χ4v) is 0.687. The molecule has 1 rings (SSSR count). The summed E-state index contributed by atoms with van der Waals surface area (Å²) in [5.74, 6) is 0.232. The maximum atomic E-state index is 12.5. The Balaban J connectivity index is 2.71. The van der Waals surface area contributed by atoms with E-state index in [1.54, 1.807) is 18.2 Å². The second-order valence-corrected chi connectivity index (χ2v) is 2.04. The van der Waals surface area contributed by atoms with Crippen molar-refractivity contribution in [1.82, 2.24) is 0 Å². The molecule has 0 aliphatic carbocycles. The van der Waals surface area contributed by atoms with Gasteiger partial charge in [0.15, 0.2) is 0 Å². The monoisotopic (exact) mass is 152 g/mol. The predicted molar refractivity (Wildman–Crippen MR) is 41.8 cm³/mol. The van der Waals surface area contributed by atoms with Gasteiger partial charge in [-0.25, -0.2) is 4.39 Å². The highest BCUT2D eigenvalue weighted by Crippen LogP contribution is 2.11. The minimum Gasteiger partial charge on any atom is -0.465 e. The summed E-state index contributed by atoms with van der Waals surface area (Å²) in [6.45, 7) is 1.83. The maximum Gasteiger partial charge on any atom is 0.129 e. The summed E-state index contributed by atoms with van der Waals surface area (Å²) in [4.78, 5) is 0. The first-order valence-electron chi connectivity index (χ1n) is 3.36. The van der Waals surface area contributed by atoms with Crippen LogP contribution in [0.4, 0.5) is 4.39 Å². The molecule has 0 aromatic heterocycles. The van der Waals surface area contributed by atoms with Crippen LogP contribution in [0.15, 0.2) is 36.6 Å². The summed E-state index contributed by atoms with van der Waals surface area (Å²) in [5.41, 5.74) is 0. The van der Waals surface area contributed by atoms with Gasteiger partial charge in [0.1, 0.15) is 11.6 Å². The van der Waals surface area contributed by atoms with E-state index in [-0.39, 0.29) is 5.82 Å². The van der Waals surface area contributed by atoms with E-state index < -0.39 is 0 Å². The molecule has 58 valence electrons. The number of hydrogen-bond donors (Lipinski definition) is 0. The van der Waals surface area contributed by atoms with Gasteiger partial charge in [-0.1, -0.05) is 12.1 Å². The smallest absolute Gasteiger partial charge is 0.129 e. The van der Waals surface area contributed by atoms with Gasteiger partial charge in [0.2, 0.25) is 0 Å². The third kappa shape index (κ3) is 2.42. The molecule has 0 aliphatic heterocycles. The lowest BCUT2D eigenvalue weighted by Gasteiger charge is -1.97. The Bertz CT molecular complexity index is 255. The van der Waals surface area contributed by atoms with Crippen LogP contribution in [-0.4, -0.2) is 0 Å². The minimum atomic E-state index is -0.285. The highest BCUT2D eigenvalue weighted by atomic mass is 19.1. The SMILES string of the molecule is C/C=C\Oc1cccc(F)c1. The summed E-state index contributed by atoms with van der Waals surface area (Å²) in [6.07, 6.45) is 3.25. The average Bonchev–Trinajstić information content (AvgIpc) is 2.01. The number of benzene rings is 1. The zero-order valence-electron chi connectivity index (χ0n) is 6.25. The largest absolute Gasteiger partial charge is 0.465 e. The molecule has 0 fully saturated rings. The van der Waals surface area contributed by atoms with Crippen LogP contribution in [0.5, 0.6) is 5.75 Å². The predicted octanol–water partition coefficient (Wildman–Crippen LogP) is 2.74. The van der Waals surface area contributed by atoms with Crippen LogP contribution in [0.1, 0.15) is 6.92 Å². The zero-order valence-corrected chi connectivity index (χ0v) is 6.25. The van der Waals surface area contributed by atoms with E-state index in [1.165, 1.54) is 18.4 Å². The van der Waals surface area contributed by atoms with Gasteiger partial charge >= 0.3 is 0 Å². The molecule has 0 saturated carbocycles. The van der Waals surface area contributed by atoms with E-state index in [0.29, 0.717) is 5.75 Å². The molecule has 1 aromatic carbocycles. The van der Waals surface area contributed by atoms with Crippen molar-refractivity contribution in [2.24, 2.45) is 0 Å². The average molecular weight is 152 g/mol. The second kappa shape index (κ2) is 3.76. The topological polar surface area (TPSA) is 9.23 Å². The van der Waals surface area contributed by atoms with Crippen molar-refractivity contribution in [1.29, 1.82) is 0 Å². The molecule has 0 radical (unpaired) electrons. The summed E-state index contributed by atoms with van der Waals surface area (Å²) < 4.78 is 17.5. The van der Waals surface area contributed by atoms with Crippen molar-refractivity contribution in [3.8, 4) is 5.75 Å². The molecule has 0 saturated heterocycles. The number of halogens is 1. The van der Waals surface area contributed by atoms with Crippen LogP contribution in [0, 0.1) is 5.82 Å². The van der Waals surface area contributed by atoms with Gasteiger partial charge in [-0.15, -0.1) is 0 Å². The van der Waals surface area contributed by atoms with E-state index in [4.69, 9.17) is 4.74 Å². The zero-order chi connectivity index (χ0) is 8.10. The quantitative estimate of drug-likeness (QED) is 0.592. The molecule has 0 aliphatic rings. The maximum absolute atomic E-state index is 12.5. The van der Waals surface area contributed by atoms with Crippen LogP contribution < -0.4 is 4.74 Å². The molecule has 0 heterocycles. The van der Waals surface area contributed by atoms with E-state index >= 15 is 0 Å². The summed E-state index contributed by atoms with van der Waals surface area (Å²) >= 11 is 0. The lowest BCUT2D eigenvalue weighted by molar-refractivity contribution is 0.474. The first-order valence-corrected chi connectivity index (χ1v) is 3.36. The van der Waals surface area contributed by atoms with Crippen LogP contribution in [-0.2, 0) is 0 Å². The number of rotatable bonds is 2. The molecule has 0 atom stereocenters. The standard InChI is InChI=1S/C9H9FO/c1-2-6-11-9-5-3-4-8(10)7-9/h2-7H,1H3/b6-2-. The summed E-state index contributed by atoms with van der Waals surface area (Å²) in [6, 6.07) is 6.01. The van der Waals surface area contributed by atoms with Gasteiger partial charge in [-0.2, -0.15) is 0 Å². The van der Waals surface area contributed by atoms with E-state index in [1.807, 2.05) is 6.92 Å². The highest BCUT2D eigenvalue weighted by molar-refractivity contribution is 5.23. The van der Waals surface area contributed by atoms with Crippen LogP contribution in [0.2, 0.25) is 0 Å². The van der Waals surface area contributed by atoms with Gasteiger partial charge in [0, 0.05) is 6.07 Å². The molecule has 11 heavy (non-hydrogen) atoms. The summed E-state index contributed by atoms with van der Waals surface area (Å²) in [5, 5.41) is 0. The lowest BCUT2D eigenvalue weighted by atomic mass is 10.3. The first kappa shape index (κ1) is 7.79. The molecule has 1 aromatic rings. The molecule has 0 amide bonds. The Hall–Kier alpha value is -1.31. The Morgan fingerprint density at radius 1 is 1.45 bits per heavy atom. The lowest BCUT2D eigenvalue weighted by Crippen LogP contribution is -1.81. The normalized spacial score (nSPS) is 10.4. The van der Waals surface area contributed by atoms with E-state index in [9.17, 15) is 4.39 Å². The van der Waals surface area contributed by atoms with Crippen molar-refractivity contribution >= 4 is 0 Å². The number of hydrogen-bond acceptors (Lipinski definition) is 1. The number of allylic oxidation sites excluding steroid dienone is 1. The first-order chi connectivity index (χ1) is 5.33. The van der Waals surface area contributed by atoms with E-state index in [2.05, 4.69) is 0 Å². The van der Waals surface area contributed by atoms with Crippen LogP contribution in [0.3, 0.4) is 0 Å². The highest BCUT2D eigenvalue weighted by Gasteiger charge is 1.91. The van der Waals surface area contributed by atoms with Crippen molar-refractivity contribution in [2.75, 3.05) is 0 Å². The van der Waals surface area contributed by atoms with Crippen molar-refractivity contribution in [3.63, 3.8) is 0 Å². The van der Waals surface area contributed by atoms with Crippen LogP contribution >= 0.6 is 0 Å². The fourth-order valence-electron chi connectivity index (χ4n) is 0.687. The van der Waals surface area contributed by atoms with Gasteiger partial charge < -0.3 is 4.74 Å². The summed E-state index contributed by atoms with van der Waals surface area (Å²) in [7, 11) is 0. The van der Waals surface area contributed by atoms with Crippen molar-refractivity contribution < 1.29 is 9.13 Å². The molecule has 0 unspecified atom stereocenters. The Kier molecular flexibility index (Phi) is 2.66. The van der Waals surface area contributed by atoms with Crippen molar-refractivity contribution in [2.45, 2.75) is 6.92 Å². The van der Waals surface area contributed by atoms with Crippen molar-refractivity contribution in [3.05, 3.63) is 42.4 Å². The Morgan fingerprint density at radius 2 is 2.27 bits per heavy atom. The molecule has 1 nitrogen and oxygen atoms in total. The molecule has 0 bridgehead atoms. The number of ether oxygens (including phenoxy) is 1. The third-order valence-electron chi connectivity index (χ3n) is 1.14. The molecular formula is C9H9FO. The van der Waals surface area contributed by atoms with Gasteiger partial charge in [0.05, 0.1) is 6.26 Å². The molecular weight excluding hydrogens is 143 g/mol. The molecule has 0 N–H and O–H groups in total. The van der Waals surface area contributed by atoms with Gasteiger partial charge in [-0.05, 0) is 19.1 Å². The fraction of sp³-hybridized carbons (Fsp3) is 0.111. The Morgan fingerprint density at radius 3 is 2.91 bits per heavy atom. The third-order valence-corrected chi connectivity index (χ3v) is 1.14. The second-order valence-electron chi connectivity index (χ2n) is 2.04. The minimum absolute atomic E-state index is 0.285. The van der Waals surface area contributed by atoms with E-state index in [0.717, 1.165) is 0 Å². The Labute approximate surface area is 65.1 Å². The van der Waals surface area contributed by atoms with Gasteiger partial charge in [0.25, 0.3) is 0 Å².